The number of aryl methyl sites for hydroxylation is 2. The molecule has 0 aromatic carbocycles. The van der Waals surface area contributed by atoms with Gasteiger partial charge in [-0.2, -0.15) is 0 Å². The van der Waals surface area contributed by atoms with Crippen molar-refractivity contribution in [3.63, 3.8) is 0 Å². The van der Waals surface area contributed by atoms with Crippen molar-refractivity contribution in [1.29, 1.82) is 0 Å². The molecule has 0 spiro atoms. The van der Waals surface area contributed by atoms with E-state index in [4.69, 9.17) is 4.98 Å². The highest BCUT2D eigenvalue weighted by Gasteiger charge is 2.22. The van der Waals surface area contributed by atoms with Gasteiger partial charge < -0.3 is 5.32 Å². The molecule has 2 aliphatic rings. The van der Waals surface area contributed by atoms with Gasteiger partial charge in [0.15, 0.2) is 0 Å². The molecule has 1 saturated carbocycles. The summed E-state index contributed by atoms with van der Waals surface area (Å²) in [4.78, 5) is 6.31. The summed E-state index contributed by atoms with van der Waals surface area (Å²) < 4.78 is 0. The maximum Gasteiger partial charge on any atom is 0.110 e. The number of rotatable bonds is 5. The number of hydrogen-bond donors (Lipinski definition) is 1. The Morgan fingerprint density at radius 2 is 2.31 bits per heavy atom. The third-order valence-electron chi connectivity index (χ3n) is 3.68. The first-order chi connectivity index (χ1) is 7.83. The zero-order chi connectivity index (χ0) is 11.0. The normalized spacial score (nSPS) is 21.1. The fourth-order valence-electron chi connectivity index (χ4n) is 2.39. The number of nitrogens with one attached hydrogen (secondary N) is 1. The summed E-state index contributed by atoms with van der Waals surface area (Å²) in [7, 11) is 0. The van der Waals surface area contributed by atoms with Crippen molar-refractivity contribution in [1.82, 2.24) is 10.3 Å². The number of aromatic nitrogens is 1. The molecule has 2 aliphatic carbocycles. The van der Waals surface area contributed by atoms with E-state index in [0.29, 0.717) is 6.04 Å². The van der Waals surface area contributed by atoms with Gasteiger partial charge in [0.2, 0.25) is 0 Å². The quantitative estimate of drug-likeness (QED) is 0.850. The molecule has 1 aromatic rings. The average molecular weight is 236 g/mol. The smallest absolute Gasteiger partial charge is 0.110 e. The van der Waals surface area contributed by atoms with Crippen molar-refractivity contribution in [3.8, 4) is 0 Å². The summed E-state index contributed by atoms with van der Waals surface area (Å²) in [5.74, 6) is 1.03. The zero-order valence-corrected chi connectivity index (χ0v) is 10.8. The van der Waals surface area contributed by atoms with E-state index in [1.165, 1.54) is 49.2 Å². The van der Waals surface area contributed by atoms with E-state index in [-0.39, 0.29) is 0 Å². The van der Waals surface area contributed by atoms with E-state index in [0.717, 1.165) is 12.5 Å². The molecule has 1 fully saturated rings. The van der Waals surface area contributed by atoms with E-state index < -0.39 is 0 Å². The average Bonchev–Trinajstić information content (AvgIpc) is 2.84. The highest BCUT2D eigenvalue weighted by atomic mass is 32.1. The van der Waals surface area contributed by atoms with Crippen LogP contribution >= 0.6 is 11.3 Å². The highest BCUT2D eigenvalue weighted by molar-refractivity contribution is 7.11. The molecule has 88 valence electrons. The number of hydrogen-bond acceptors (Lipinski definition) is 3. The molecule has 0 amide bonds. The minimum Gasteiger partial charge on any atom is -0.308 e. The van der Waals surface area contributed by atoms with E-state index >= 15 is 0 Å². The van der Waals surface area contributed by atoms with Crippen LogP contribution in [0.3, 0.4) is 0 Å². The van der Waals surface area contributed by atoms with Gasteiger partial charge in [0.05, 0.1) is 11.7 Å². The fourth-order valence-corrected chi connectivity index (χ4v) is 3.57. The van der Waals surface area contributed by atoms with Crippen LogP contribution in [0, 0.1) is 5.92 Å². The molecule has 1 unspecified atom stereocenters. The topological polar surface area (TPSA) is 24.9 Å². The summed E-state index contributed by atoms with van der Waals surface area (Å²) in [5, 5.41) is 4.91. The van der Waals surface area contributed by atoms with Crippen molar-refractivity contribution in [2.75, 3.05) is 6.54 Å². The van der Waals surface area contributed by atoms with E-state index in [1.807, 2.05) is 11.3 Å². The Balaban J connectivity index is 1.53. The summed E-state index contributed by atoms with van der Waals surface area (Å²) >= 11 is 1.93. The molecule has 1 heterocycles. The van der Waals surface area contributed by atoms with Crippen molar-refractivity contribution < 1.29 is 0 Å². The molecule has 0 radical (unpaired) electrons. The van der Waals surface area contributed by atoms with Gasteiger partial charge in [-0.05, 0) is 45.1 Å². The van der Waals surface area contributed by atoms with Gasteiger partial charge >= 0.3 is 0 Å². The predicted octanol–water partition coefficient (Wildman–Crippen LogP) is 3.08. The van der Waals surface area contributed by atoms with Crippen LogP contribution in [0.5, 0.6) is 0 Å². The molecule has 3 heteroatoms. The van der Waals surface area contributed by atoms with Crippen LogP contribution in [0.1, 0.15) is 54.2 Å². The van der Waals surface area contributed by atoms with Gasteiger partial charge in [0.1, 0.15) is 5.01 Å². The maximum atomic E-state index is 4.76. The van der Waals surface area contributed by atoms with E-state index in [2.05, 4.69) is 12.2 Å². The van der Waals surface area contributed by atoms with Gasteiger partial charge in [-0.15, -0.1) is 11.3 Å². The lowest BCUT2D eigenvalue weighted by Gasteiger charge is -2.10. The molecule has 0 aliphatic heterocycles. The number of fused-ring (bicyclic) bond motifs is 1. The summed E-state index contributed by atoms with van der Waals surface area (Å²) in [5.41, 5.74) is 1.39. The van der Waals surface area contributed by atoms with Crippen LogP contribution in [0.2, 0.25) is 0 Å². The molecular weight excluding hydrogens is 216 g/mol. The number of thiazole rings is 1. The van der Waals surface area contributed by atoms with Gasteiger partial charge in [0, 0.05) is 4.88 Å². The lowest BCUT2D eigenvalue weighted by molar-refractivity contribution is 0.537. The van der Waals surface area contributed by atoms with Crippen molar-refractivity contribution in [3.05, 3.63) is 15.6 Å². The van der Waals surface area contributed by atoms with Gasteiger partial charge in [-0.3, -0.25) is 0 Å². The van der Waals surface area contributed by atoms with Crippen LogP contribution in [0.25, 0.3) is 0 Å². The first-order valence-electron chi connectivity index (χ1n) is 6.55. The van der Waals surface area contributed by atoms with Crippen LogP contribution in [-0.4, -0.2) is 11.5 Å². The molecule has 2 nitrogen and oxygen atoms in total. The Bertz CT molecular complexity index is 347. The standard InChI is InChI=1S/C13H20N2S/c1-9(14-8-7-10-5-6-10)13-15-11-3-2-4-12(11)16-13/h9-10,14H,2-8H2,1H3. The highest BCUT2D eigenvalue weighted by Crippen LogP contribution is 2.33. The Hall–Kier alpha value is -0.410. The molecule has 1 N–H and O–H groups in total. The largest absolute Gasteiger partial charge is 0.308 e. The summed E-state index contributed by atoms with van der Waals surface area (Å²) in [6, 6.07) is 0.453. The molecule has 0 saturated heterocycles. The fraction of sp³-hybridized carbons (Fsp3) is 0.769. The predicted molar refractivity (Wildman–Crippen MR) is 67.9 cm³/mol. The monoisotopic (exact) mass is 236 g/mol. The summed E-state index contributed by atoms with van der Waals surface area (Å²) in [6.45, 7) is 3.41. The molecular formula is C13H20N2S. The second-order valence-corrected chi connectivity index (χ2v) is 6.30. The SMILES string of the molecule is CC(NCCC1CC1)c1nc2c(s1)CCC2. The van der Waals surface area contributed by atoms with Crippen molar-refractivity contribution in [2.45, 2.75) is 51.5 Å². The van der Waals surface area contributed by atoms with Crippen LogP contribution in [0.4, 0.5) is 0 Å². The first-order valence-corrected chi connectivity index (χ1v) is 7.36. The van der Waals surface area contributed by atoms with Gasteiger partial charge in [0.25, 0.3) is 0 Å². The minimum atomic E-state index is 0.453. The maximum absolute atomic E-state index is 4.76. The van der Waals surface area contributed by atoms with Crippen molar-refractivity contribution in [2.24, 2.45) is 5.92 Å². The number of nitrogens with zero attached hydrogens (tertiary/aromatic N) is 1. The third kappa shape index (κ3) is 2.30. The lowest BCUT2D eigenvalue weighted by Crippen LogP contribution is -2.20. The second kappa shape index (κ2) is 4.46. The van der Waals surface area contributed by atoms with Crippen LogP contribution < -0.4 is 5.32 Å². The molecule has 16 heavy (non-hydrogen) atoms. The second-order valence-electron chi connectivity index (χ2n) is 5.18. The summed E-state index contributed by atoms with van der Waals surface area (Å²) in [6.07, 6.45) is 8.07. The minimum absolute atomic E-state index is 0.453. The Morgan fingerprint density at radius 1 is 1.44 bits per heavy atom. The van der Waals surface area contributed by atoms with E-state index in [1.54, 1.807) is 4.88 Å². The Kier molecular flexibility index (Phi) is 2.99. The Morgan fingerprint density at radius 3 is 3.06 bits per heavy atom. The zero-order valence-electron chi connectivity index (χ0n) is 9.96. The molecule has 1 aromatic heterocycles. The third-order valence-corrected chi connectivity index (χ3v) is 5.02. The molecule has 1 atom stereocenters. The van der Waals surface area contributed by atoms with Gasteiger partial charge in [-0.25, -0.2) is 4.98 Å². The lowest BCUT2D eigenvalue weighted by atomic mass is 10.2. The molecule has 3 rings (SSSR count). The van der Waals surface area contributed by atoms with Crippen LogP contribution in [-0.2, 0) is 12.8 Å². The Labute approximate surface area is 101 Å². The van der Waals surface area contributed by atoms with Crippen molar-refractivity contribution >= 4 is 11.3 Å². The first kappa shape index (κ1) is 10.7. The molecule has 0 bridgehead atoms. The van der Waals surface area contributed by atoms with E-state index in [9.17, 15) is 0 Å². The van der Waals surface area contributed by atoms with Crippen LogP contribution in [0.15, 0.2) is 0 Å². The van der Waals surface area contributed by atoms with Gasteiger partial charge in [-0.1, -0.05) is 12.8 Å².